The molecule has 0 amide bonds. The molecule has 2 aromatic carbocycles. The largest absolute Gasteiger partial charge is 0.497 e. The summed E-state index contributed by atoms with van der Waals surface area (Å²) in [6.07, 6.45) is 2.55. The summed E-state index contributed by atoms with van der Waals surface area (Å²) in [7, 11) is -2.13. The van der Waals surface area contributed by atoms with E-state index < -0.39 is 10.0 Å². The lowest BCUT2D eigenvalue weighted by molar-refractivity contribution is -0.0553. The zero-order valence-corrected chi connectivity index (χ0v) is 21.7. The van der Waals surface area contributed by atoms with Crippen molar-refractivity contribution in [2.45, 2.75) is 56.0 Å². The van der Waals surface area contributed by atoms with E-state index in [2.05, 4.69) is 42.7 Å². The molecule has 0 aromatic heterocycles. The van der Waals surface area contributed by atoms with Crippen LogP contribution >= 0.6 is 0 Å². The molecule has 3 atom stereocenters. The molecule has 7 heteroatoms. The van der Waals surface area contributed by atoms with Gasteiger partial charge in [0.2, 0.25) is 10.0 Å². The van der Waals surface area contributed by atoms with Crippen LogP contribution < -0.4 is 4.74 Å². The lowest BCUT2D eigenvalue weighted by Gasteiger charge is -2.57. The first-order valence-electron chi connectivity index (χ1n) is 12.4. The SMILES string of the molecule is COc1cccc(S(=O)(=O)N2CCCCN3[C@H](CO)[C@H](c4ccc(C#CCC(C)C)cc4)[C@H]3C2)c1. The molecule has 35 heavy (non-hydrogen) atoms. The number of hydrogen-bond acceptors (Lipinski definition) is 5. The molecule has 2 aromatic rings. The zero-order valence-electron chi connectivity index (χ0n) is 20.9. The summed E-state index contributed by atoms with van der Waals surface area (Å²) in [6.45, 7) is 6.13. The van der Waals surface area contributed by atoms with Gasteiger partial charge >= 0.3 is 0 Å². The first-order valence-corrected chi connectivity index (χ1v) is 13.9. The molecule has 1 N–H and O–H groups in total. The molecule has 2 fully saturated rings. The minimum Gasteiger partial charge on any atom is -0.497 e. The van der Waals surface area contributed by atoms with Crippen LogP contribution in [0.4, 0.5) is 0 Å². The summed E-state index contributed by atoms with van der Waals surface area (Å²) >= 11 is 0. The van der Waals surface area contributed by atoms with E-state index in [9.17, 15) is 13.5 Å². The van der Waals surface area contributed by atoms with E-state index in [0.29, 0.717) is 24.8 Å². The fourth-order valence-corrected chi connectivity index (χ4v) is 6.72. The molecular weight excluding hydrogens is 460 g/mol. The predicted molar refractivity (Wildman–Crippen MR) is 138 cm³/mol. The van der Waals surface area contributed by atoms with Gasteiger partial charge < -0.3 is 9.84 Å². The summed E-state index contributed by atoms with van der Waals surface area (Å²) in [4.78, 5) is 2.54. The van der Waals surface area contributed by atoms with E-state index in [-0.39, 0.29) is 29.5 Å². The average molecular weight is 497 g/mol. The van der Waals surface area contributed by atoms with Crippen molar-refractivity contribution >= 4 is 10.0 Å². The van der Waals surface area contributed by atoms with Gasteiger partial charge in [0.25, 0.3) is 0 Å². The van der Waals surface area contributed by atoms with Crippen LogP contribution in [0.25, 0.3) is 0 Å². The number of nitrogens with zero attached hydrogens (tertiary/aromatic N) is 2. The van der Waals surface area contributed by atoms with E-state index >= 15 is 0 Å². The Morgan fingerprint density at radius 2 is 1.86 bits per heavy atom. The first-order chi connectivity index (χ1) is 16.8. The summed E-state index contributed by atoms with van der Waals surface area (Å²) in [5, 5.41) is 10.2. The Hall–Kier alpha value is -2.37. The lowest BCUT2D eigenvalue weighted by atomic mass is 9.74. The summed E-state index contributed by atoms with van der Waals surface area (Å²) in [5.74, 6) is 7.59. The van der Waals surface area contributed by atoms with E-state index in [1.807, 2.05) is 12.1 Å². The van der Waals surface area contributed by atoms with Crippen LogP contribution in [-0.4, -0.2) is 68.2 Å². The van der Waals surface area contributed by atoms with E-state index in [0.717, 1.165) is 36.9 Å². The van der Waals surface area contributed by atoms with Gasteiger partial charge in [0, 0.05) is 49.1 Å². The van der Waals surface area contributed by atoms with Crippen LogP contribution in [0.2, 0.25) is 0 Å². The van der Waals surface area contributed by atoms with Crippen molar-refractivity contribution in [3.63, 3.8) is 0 Å². The Morgan fingerprint density at radius 3 is 2.54 bits per heavy atom. The summed E-state index contributed by atoms with van der Waals surface area (Å²) < 4.78 is 34.0. The molecule has 0 saturated carbocycles. The fraction of sp³-hybridized carbons (Fsp3) is 0.500. The Bertz CT molecular complexity index is 1170. The molecule has 6 nitrogen and oxygen atoms in total. The molecule has 2 aliphatic heterocycles. The van der Waals surface area contributed by atoms with Crippen molar-refractivity contribution in [3.8, 4) is 17.6 Å². The third-order valence-corrected chi connectivity index (χ3v) is 8.91. The Morgan fingerprint density at radius 1 is 1.11 bits per heavy atom. The number of hydrogen-bond donors (Lipinski definition) is 1. The minimum atomic E-state index is -3.66. The number of aliphatic hydroxyl groups is 1. The number of benzene rings is 2. The average Bonchev–Trinajstić information content (AvgIpc) is 2.83. The molecule has 0 bridgehead atoms. The van der Waals surface area contributed by atoms with Gasteiger partial charge in [-0.1, -0.05) is 43.9 Å². The van der Waals surface area contributed by atoms with Crippen LogP contribution in [0.15, 0.2) is 53.4 Å². The Labute approximate surface area is 210 Å². The number of rotatable bonds is 6. The second-order valence-corrected chi connectivity index (χ2v) is 11.8. The number of ether oxygens (including phenoxy) is 1. The molecule has 2 heterocycles. The molecule has 0 spiro atoms. The van der Waals surface area contributed by atoms with Gasteiger partial charge in [0.15, 0.2) is 0 Å². The molecule has 4 rings (SSSR count). The van der Waals surface area contributed by atoms with Crippen molar-refractivity contribution in [1.82, 2.24) is 9.21 Å². The van der Waals surface area contributed by atoms with Crippen LogP contribution in [0, 0.1) is 17.8 Å². The monoisotopic (exact) mass is 496 g/mol. The van der Waals surface area contributed by atoms with Gasteiger partial charge in [-0.05, 0) is 55.1 Å². The maximum absolute atomic E-state index is 13.6. The van der Waals surface area contributed by atoms with Crippen LogP contribution in [-0.2, 0) is 10.0 Å². The van der Waals surface area contributed by atoms with E-state index in [1.54, 1.807) is 28.6 Å². The molecule has 0 radical (unpaired) electrons. The molecule has 2 aliphatic rings. The number of sulfonamides is 1. The standard InChI is InChI=1S/C28H36N2O4S/c1-21(2)8-6-9-22-12-14-23(15-13-22)28-26-19-29(16-4-5-17-30(26)27(28)20-31)35(32,33)25-11-7-10-24(18-25)34-3/h7,10-15,18,21,26-28,31H,4-5,8,16-17,19-20H2,1-3H3/t26-,27-,28-/m1/s1. The van der Waals surface area contributed by atoms with Crippen molar-refractivity contribution in [2.24, 2.45) is 5.92 Å². The highest BCUT2D eigenvalue weighted by atomic mass is 32.2. The fourth-order valence-electron chi connectivity index (χ4n) is 5.18. The van der Waals surface area contributed by atoms with Crippen molar-refractivity contribution in [2.75, 3.05) is 33.4 Å². The van der Waals surface area contributed by atoms with Crippen molar-refractivity contribution in [3.05, 3.63) is 59.7 Å². The van der Waals surface area contributed by atoms with Gasteiger partial charge in [-0.3, -0.25) is 4.90 Å². The predicted octanol–water partition coefficient (Wildman–Crippen LogP) is 3.71. The summed E-state index contributed by atoms with van der Waals surface area (Å²) in [6, 6.07) is 14.9. The lowest BCUT2D eigenvalue weighted by Crippen LogP contribution is -2.67. The number of aliphatic hydroxyl groups excluding tert-OH is 1. The van der Waals surface area contributed by atoms with Gasteiger partial charge in [-0.15, -0.1) is 0 Å². The quantitative estimate of drug-likeness (QED) is 0.618. The third kappa shape index (κ3) is 5.57. The molecule has 0 aliphatic carbocycles. The van der Waals surface area contributed by atoms with Crippen LogP contribution in [0.1, 0.15) is 50.2 Å². The second-order valence-electron chi connectivity index (χ2n) is 9.85. The summed E-state index contributed by atoms with van der Waals surface area (Å²) in [5.41, 5.74) is 2.10. The van der Waals surface area contributed by atoms with E-state index in [1.165, 1.54) is 7.11 Å². The molecular formula is C28H36N2O4S. The van der Waals surface area contributed by atoms with Crippen LogP contribution in [0.3, 0.4) is 0 Å². The molecule has 188 valence electrons. The highest BCUT2D eigenvalue weighted by Gasteiger charge is 2.50. The third-order valence-electron chi connectivity index (χ3n) is 7.05. The normalized spacial score (nSPS) is 23.4. The van der Waals surface area contributed by atoms with Crippen molar-refractivity contribution in [1.29, 1.82) is 0 Å². The van der Waals surface area contributed by atoms with Crippen LogP contribution in [0.5, 0.6) is 5.75 Å². The zero-order chi connectivity index (χ0) is 25.0. The molecule has 2 saturated heterocycles. The minimum absolute atomic E-state index is 0.00246. The van der Waals surface area contributed by atoms with Gasteiger partial charge in [-0.25, -0.2) is 8.42 Å². The number of methoxy groups -OCH3 is 1. The highest BCUT2D eigenvalue weighted by Crippen LogP contribution is 2.42. The maximum Gasteiger partial charge on any atom is 0.243 e. The first kappa shape index (κ1) is 25.7. The van der Waals surface area contributed by atoms with Gasteiger partial charge in [-0.2, -0.15) is 4.31 Å². The number of fused-ring (bicyclic) bond motifs is 1. The molecule has 0 unspecified atom stereocenters. The van der Waals surface area contributed by atoms with Gasteiger partial charge in [0.05, 0.1) is 18.6 Å². The Balaban J connectivity index is 1.58. The second kappa shape index (κ2) is 11.1. The smallest absolute Gasteiger partial charge is 0.243 e. The van der Waals surface area contributed by atoms with Crippen molar-refractivity contribution < 1.29 is 18.3 Å². The Kier molecular flexibility index (Phi) is 8.18. The van der Waals surface area contributed by atoms with Gasteiger partial charge in [0.1, 0.15) is 5.75 Å². The van der Waals surface area contributed by atoms with E-state index in [4.69, 9.17) is 4.74 Å². The highest BCUT2D eigenvalue weighted by molar-refractivity contribution is 7.89. The maximum atomic E-state index is 13.6. The topological polar surface area (TPSA) is 70.1 Å².